The summed E-state index contributed by atoms with van der Waals surface area (Å²) in [4.78, 5) is 77.4. The number of carbonyl (C=O) groups excluding carboxylic acids is 4. The van der Waals surface area contributed by atoms with Crippen LogP contribution in [0.3, 0.4) is 0 Å². The molecule has 0 amide bonds. The zero-order valence-electron chi connectivity index (χ0n) is 72.1. The number of benzene rings is 9. The van der Waals surface area contributed by atoms with Gasteiger partial charge in [0.2, 0.25) is 5.69 Å². The first-order chi connectivity index (χ1) is 64.4. The Morgan fingerprint density at radius 3 is 1.22 bits per heavy atom. The van der Waals surface area contributed by atoms with Crippen molar-refractivity contribution in [3.63, 3.8) is 0 Å². The molecule has 6 aromatic heterocycles. The molecule has 1 saturated carbocycles. The van der Waals surface area contributed by atoms with E-state index in [1.54, 1.807) is 117 Å². The highest BCUT2D eigenvalue weighted by molar-refractivity contribution is 6.20. The van der Waals surface area contributed by atoms with E-state index >= 15 is 4.39 Å². The van der Waals surface area contributed by atoms with Gasteiger partial charge in [-0.25, -0.2) is 9.24 Å². The minimum Gasteiger partial charge on any atom is -0.501 e. The summed E-state index contributed by atoms with van der Waals surface area (Å²) in [6.45, 7) is 25.6. The molecule has 1 fully saturated rings. The summed E-state index contributed by atoms with van der Waals surface area (Å²) in [5, 5.41) is 37.2. The lowest BCUT2D eigenvalue weighted by atomic mass is 9.91. The van der Waals surface area contributed by atoms with Gasteiger partial charge < -0.3 is 37.4 Å². The number of aryl methyl sites for hydroxylation is 4. The van der Waals surface area contributed by atoms with Crippen LogP contribution in [0.15, 0.2) is 233 Å². The van der Waals surface area contributed by atoms with Crippen molar-refractivity contribution in [3.05, 3.63) is 320 Å². The number of hydrogen-bond acceptors (Lipinski definition) is 20. The minimum atomic E-state index is -4.63. The molecule has 10 heterocycles. The Balaban J connectivity index is 0.000000124. The summed E-state index contributed by atoms with van der Waals surface area (Å²) in [6, 6.07) is 54.3. The molecule has 33 heteroatoms. The van der Waals surface area contributed by atoms with Gasteiger partial charge >= 0.3 is 12.0 Å². The summed E-state index contributed by atoms with van der Waals surface area (Å²) in [5.74, 6) is 0.0268. The molecule has 8 N–H and O–H groups in total. The van der Waals surface area contributed by atoms with Crippen LogP contribution in [0.2, 0.25) is 0 Å². The van der Waals surface area contributed by atoms with Gasteiger partial charge in [0.15, 0.2) is 23.1 Å². The molecule has 658 valence electrons. The molecule has 0 spiro atoms. The summed E-state index contributed by atoms with van der Waals surface area (Å²) in [6.07, 6.45) is 6.96. The Labute approximate surface area is 758 Å². The van der Waals surface area contributed by atoms with Gasteiger partial charge in [0.05, 0.1) is 113 Å². The molecule has 0 atom stereocenters. The fourth-order valence-corrected chi connectivity index (χ4v) is 16.9. The molecule has 0 bridgehead atoms. The van der Waals surface area contributed by atoms with Crippen molar-refractivity contribution >= 4 is 74.1 Å². The summed E-state index contributed by atoms with van der Waals surface area (Å²) in [5.41, 5.74) is 43.1. The molecule has 0 saturated heterocycles. The summed E-state index contributed by atoms with van der Waals surface area (Å²) >= 11 is 0. The summed E-state index contributed by atoms with van der Waals surface area (Å²) < 4.78 is 72.7. The number of ketones is 4. The van der Waals surface area contributed by atoms with Crippen LogP contribution in [-0.4, -0.2) is 163 Å². The number of rotatable bonds is 18. The van der Waals surface area contributed by atoms with E-state index in [1.165, 1.54) is 10.9 Å². The second kappa shape index (κ2) is 37.1. The fourth-order valence-electron chi connectivity index (χ4n) is 16.9. The lowest BCUT2D eigenvalue weighted by Crippen LogP contribution is -2.24. The number of carbonyl (C=O) groups is 4. The number of aliphatic imine (C=N–C) groups is 4. The number of nitriles is 1. The fraction of sp³-hybridized carbons (Fsp3) is 0.180. The van der Waals surface area contributed by atoms with Crippen molar-refractivity contribution in [2.45, 2.75) is 38.2 Å². The first-order valence-corrected chi connectivity index (χ1v) is 42.0. The van der Waals surface area contributed by atoms with Gasteiger partial charge in [0, 0.05) is 160 Å². The van der Waals surface area contributed by atoms with Crippen molar-refractivity contribution < 1.29 is 41.5 Å². The number of ether oxygens (including phenoxy) is 1. The van der Waals surface area contributed by atoms with Gasteiger partial charge in [-0.15, -0.1) is 5.10 Å². The SMILES string of the molecule is Cn1ncc(-c2ccc3c(c2)C(CN)=NCC3=O)c1-c1cc(C#N)c2ccccc2c1F.[C-]#[N+]c1c(-c2c(-c3ccc4c(c3)C(CN)=NCC4=O)cnn2C)cnn1Cc1ccccc1.[C-]#[N+]c1c(OC2CC2)cc(C(F)(F)F)cc1-c1c(-c2ccc3c(c2)C(CN)=NCC3=O)cnn1C.[C-]#[N+]c1nn(Cc2ccccc2)cc1-c1c(-c2ccc3c(c2)C(CN)=NCC3=O)cnn1C. The highest BCUT2D eigenvalue weighted by Gasteiger charge is 2.37. The summed E-state index contributed by atoms with van der Waals surface area (Å²) in [7, 11) is 7.02. The van der Waals surface area contributed by atoms with Gasteiger partial charge in [-0.05, 0) is 87.7 Å². The molecule has 1 aliphatic carbocycles. The topological polar surface area (TPSA) is 375 Å². The van der Waals surface area contributed by atoms with E-state index in [9.17, 15) is 37.6 Å². The van der Waals surface area contributed by atoms with E-state index in [4.69, 9.17) is 47.4 Å². The van der Waals surface area contributed by atoms with Crippen LogP contribution in [-0.2, 0) is 47.5 Å². The van der Waals surface area contributed by atoms with Crippen LogP contribution in [0.4, 0.5) is 34.9 Å². The maximum absolute atomic E-state index is 15.6. The maximum Gasteiger partial charge on any atom is 0.416 e. The van der Waals surface area contributed by atoms with Crippen molar-refractivity contribution in [3.8, 4) is 101 Å². The first-order valence-electron chi connectivity index (χ1n) is 42.0. The van der Waals surface area contributed by atoms with Gasteiger partial charge in [-0.1, -0.05) is 153 Å². The Hall–Kier alpha value is -16.8. The molecule has 29 nitrogen and oxygen atoms in total. The van der Waals surface area contributed by atoms with E-state index in [0.29, 0.717) is 125 Å². The van der Waals surface area contributed by atoms with Crippen LogP contribution in [0, 0.1) is 36.9 Å². The molecule has 4 aliphatic heterocycles. The lowest BCUT2D eigenvalue weighted by molar-refractivity contribution is -0.137. The number of hydrogen-bond donors (Lipinski definition) is 4. The molecule has 15 aromatic rings. The van der Waals surface area contributed by atoms with Gasteiger partial charge in [0.25, 0.3) is 5.82 Å². The number of Topliss-reactive ketones (excluding diaryl/α,β-unsaturated/α-hetero) is 4. The predicted octanol–water partition coefficient (Wildman–Crippen LogP) is 15.7. The molecular formula is C100H80F4N24O5. The highest BCUT2D eigenvalue weighted by Crippen LogP contribution is 2.49. The number of halogens is 4. The first kappa shape index (κ1) is 88.2. The zero-order valence-corrected chi connectivity index (χ0v) is 72.1. The molecule has 9 aromatic carbocycles. The average molecular weight is 1770 g/mol. The van der Waals surface area contributed by atoms with E-state index in [0.717, 1.165) is 97.9 Å². The van der Waals surface area contributed by atoms with Crippen molar-refractivity contribution in [2.24, 2.45) is 71.1 Å². The van der Waals surface area contributed by atoms with Crippen LogP contribution in [0.1, 0.15) is 98.8 Å². The lowest BCUT2D eigenvalue weighted by Gasteiger charge is -2.18. The highest BCUT2D eigenvalue weighted by atomic mass is 19.4. The third-order valence-electron chi connectivity index (χ3n) is 23.5. The normalized spacial score (nSPS) is 13.6. The van der Waals surface area contributed by atoms with E-state index in [1.807, 2.05) is 129 Å². The standard InChI is InChI=1S/C25H20F3N5O2.C25H18FN5O.2C25H21N7O/c1-30-23-18(8-14(25(26,27)28)9-22(23)35-15-4-5-15)24-19(11-32-33(24)2)13-3-6-16-17(7-13)20(10-29)31-12-21(16)34;1-31-25(20-9-15(10-27)16-4-2-3-5-18(16)24(20)26)21(12-30-31)14-6-7-17-19(8-14)22(11-28)29-13-23(17)32;1-27-25-21(13-30-32(25)15-16-6-4-3-5-7-16)24-20(12-29-31(24)2)17-8-9-18-19(10-17)22(11-26)28-14-23(18)33;1-27-25-21(15-32(30-25)14-16-6-4-3-5-7-16)24-20(12-29-31(24)2)17-8-9-18-19(10-17)22(11-26)28-13-23(18)33/h3,6-9,11,15H,4-5,10,12,29H2,2H3;2-9,12H,11,13,28H2,1H3;3-10,12-13H,11,14-15,26H2,2H3;3-10,12,15H,11,13-14,26H2,2H3. The smallest absolute Gasteiger partial charge is 0.416 e. The molecule has 0 unspecified atom stereocenters. The molecular weight excluding hydrogens is 1690 g/mol. The largest absolute Gasteiger partial charge is 0.501 e. The van der Waals surface area contributed by atoms with E-state index in [-0.39, 0.29) is 104 Å². The van der Waals surface area contributed by atoms with Crippen molar-refractivity contribution in [2.75, 3.05) is 52.4 Å². The second-order valence-electron chi connectivity index (χ2n) is 31.8. The van der Waals surface area contributed by atoms with Crippen LogP contribution < -0.4 is 27.7 Å². The Morgan fingerprint density at radius 2 is 0.827 bits per heavy atom. The van der Waals surface area contributed by atoms with E-state index < -0.39 is 17.6 Å². The molecule has 133 heavy (non-hydrogen) atoms. The number of fused-ring (bicyclic) bond motifs is 5. The third-order valence-corrected chi connectivity index (χ3v) is 23.5. The maximum atomic E-state index is 15.6. The Bertz CT molecular complexity index is 7450. The number of aromatic nitrogens is 12. The van der Waals surface area contributed by atoms with Crippen molar-refractivity contribution in [1.82, 2.24) is 58.7 Å². The Kier molecular flexibility index (Phi) is 24.6. The van der Waals surface area contributed by atoms with Gasteiger partial charge in [-0.3, -0.25) is 57.9 Å². The van der Waals surface area contributed by atoms with Gasteiger partial charge in [0.1, 0.15) is 44.3 Å². The van der Waals surface area contributed by atoms with Crippen LogP contribution in [0.5, 0.6) is 5.75 Å². The Morgan fingerprint density at radius 1 is 0.436 bits per heavy atom. The molecule has 5 aliphatic rings. The molecule has 0 radical (unpaired) electrons. The average Bonchev–Trinajstić information content (AvgIpc) is 1.74. The van der Waals surface area contributed by atoms with E-state index in [2.05, 4.69) is 71.2 Å². The predicted molar refractivity (Wildman–Crippen MR) is 498 cm³/mol. The number of nitrogens with two attached hydrogens (primary N) is 4. The van der Waals surface area contributed by atoms with Crippen LogP contribution >= 0.6 is 0 Å². The molecule has 20 rings (SSSR count). The second-order valence-corrected chi connectivity index (χ2v) is 31.8. The van der Waals surface area contributed by atoms with Crippen LogP contribution in [0.25, 0.3) is 115 Å². The number of alkyl halides is 3. The quantitative estimate of drug-likeness (QED) is 0.0458. The number of nitrogens with zero attached hydrogens (tertiary/aromatic N) is 20. The zero-order chi connectivity index (χ0) is 93.2. The monoisotopic (exact) mass is 1770 g/mol. The van der Waals surface area contributed by atoms with Crippen molar-refractivity contribution in [1.29, 1.82) is 5.26 Å². The third kappa shape index (κ3) is 17.3. The van der Waals surface area contributed by atoms with Gasteiger partial charge in [-0.2, -0.15) is 48.2 Å². The minimum absolute atomic E-state index is 0.00732.